The zero-order chi connectivity index (χ0) is 16.6. The second kappa shape index (κ2) is 5.87. The van der Waals surface area contributed by atoms with Gasteiger partial charge in [0.05, 0.1) is 12.0 Å². The number of piperazine rings is 1. The number of furan rings is 1. The lowest BCUT2D eigenvalue weighted by Gasteiger charge is -2.38. The largest absolute Gasteiger partial charge is 0.459 e. The second-order valence-electron chi connectivity index (χ2n) is 5.60. The Balaban J connectivity index is 1.84. The number of amides is 2. The van der Waals surface area contributed by atoms with Crippen LogP contribution in [0.25, 0.3) is 0 Å². The monoisotopic (exact) mass is 316 g/mol. The molecule has 1 aliphatic rings. The summed E-state index contributed by atoms with van der Waals surface area (Å²) in [6, 6.07) is 7.15. The van der Waals surface area contributed by atoms with Gasteiger partial charge in [-0.15, -0.1) is 0 Å². The van der Waals surface area contributed by atoms with Crippen molar-refractivity contribution in [2.24, 2.45) is 0 Å². The van der Waals surface area contributed by atoms with Crippen LogP contribution in [-0.4, -0.2) is 35.8 Å². The summed E-state index contributed by atoms with van der Waals surface area (Å²) < 4.78 is 19.1. The van der Waals surface area contributed by atoms with Crippen molar-refractivity contribution < 1.29 is 18.4 Å². The van der Waals surface area contributed by atoms with Gasteiger partial charge in [0.2, 0.25) is 5.91 Å². The van der Waals surface area contributed by atoms with Crippen molar-refractivity contribution in [1.29, 1.82) is 0 Å². The molecule has 2 amide bonds. The van der Waals surface area contributed by atoms with Crippen molar-refractivity contribution in [1.82, 2.24) is 4.90 Å². The van der Waals surface area contributed by atoms with Crippen LogP contribution in [-0.2, 0) is 4.79 Å². The smallest absolute Gasteiger partial charge is 0.290 e. The van der Waals surface area contributed by atoms with Crippen molar-refractivity contribution in [2.75, 3.05) is 18.0 Å². The predicted molar refractivity (Wildman–Crippen MR) is 82.7 cm³/mol. The molecular formula is C17H17FN2O3. The Morgan fingerprint density at radius 2 is 2.09 bits per heavy atom. The molecule has 1 fully saturated rings. The zero-order valence-electron chi connectivity index (χ0n) is 13.0. The maximum atomic E-state index is 14.0. The number of benzene rings is 1. The molecule has 6 heteroatoms. The van der Waals surface area contributed by atoms with E-state index in [9.17, 15) is 14.0 Å². The Morgan fingerprint density at radius 1 is 1.30 bits per heavy atom. The van der Waals surface area contributed by atoms with Crippen LogP contribution >= 0.6 is 0 Å². The maximum Gasteiger partial charge on any atom is 0.290 e. The van der Waals surface area contributed by atoms with Crippen LogP contribution in [0.4, 0.5) is 10.1 Å². The van der Waals surface area contributed by atoms with E-state index >= 15 is 0 Å². The Morgan fingerprint density at radius 3 is 2.78 bits per heavy atom. The number of halogens is 1. The Labute approximate surface area is 133 Å². The third-order valence-corrected chi connectivity index (χ3v) is 4.04. The molecule has 2 heterocycles. The van der Waals surface area contributed by atoms with Gasteiger partial charge in [-0.1, -0.05) is 6.07 Å². The van der Waals surface area contributed by atoms with E-state index in [4.69, 9.17) is 4.42 Å². The lowest BCUT2D eigenvalue weighted by Crippen LogP contribution is -2.58. The highest BCUT2D eigenvalue weighted by Gasteiger charge is 2.36. The van der Waals surface area contributed by atoms with Gasteiger partial charge < -0.3 is 14.2 Å². The highest BCUT2D eigenvalue weighted by molar-refractivity contribution is 6.02. The molecule has 0 radical (unpaired) electrons. The molecule has 1 saturated heterocycles. The molecule has 0 bridgehead atoms. The van der Waals surface area contributed by atoms with Crippen LogP contribution < -0.4 is 4.90 Å². The van der Waals surface area contributed by atoms with Crippen LogP contribution in [0.2, 0.25) is 0 Å². The molecule has 0 saturated carbocycles. The number of nitrogens with zero attached hydrogens (tertiary/aromatic N) is 2. The van der Waals surface area contributed by atoms with Gasteiger partial charge in [0.25, 0.3) is 5.91 Å². The number of anilines is 1. The van der Waals surface area contributed by atoms with E-state index in [1.165, 1.54) is 22.1 Å². The fraction of sp³-hybridized carbons (Fsp3) is 0.294. The first kappa shape index (κ1) is 15.3. The average molecular weight is 316 g/mol. The van der Waals surface area contributed by atoms with Crippen molar-refractivity contribution >= 4 is 17.5 Å². The molecule has 120 valence electrons. The third kappa shape index (κ3) is 2.72. The summed E-state index contributed by atoms with van der Waals surface area (Å²) in [5.41, 5.74) is 1.13. The summed E-state index contributed by atoms with van der Waals surface area (Å²) in [5, 5.41) is 0. The molecule has 1 aromatic heterocycles. The molecule has 1 atom stereocenters. The summed E-state index contributed by atoms with van der Waals surface area (Å²) in [7, 11) is 0. The van der Waals surface area contributed by atoms with E-state index in [0.29, 0.717) is 6.54 Å². The number of hydrogen-bond donors (Lipinski definition) is 0. The van der Waals surface area contributed by atoms with Crippen LogP contribution in [0.1, 0.15) is 23.0 Å². The van der Waals surface area contributed by atoms with E-state index in [2.05, 4.69) is 0 Å². The predicted octanol–water partition coefficient (Wildman–Crippen LogP) is 2.60. The van der Waals surface area contributed by atoms with E-state index in [1.54, 1.807) is 31.2 Å². The fourth-order valence-electron chi connectivity index (χ4n) is 2.76. The number of carbonyl (C=O) groups excluding carboxylic acids is 2. The first-order chi connectivity index (χ1) is 11.0. The van der Waals surface area contributed by atoms with Crippen LogP contribution in [0.5, 0.6) is 0 Å². The second-order valence-corrected chi connectivity index (χ2v) is 5.60. The molecule has 1 aliphatic heterocycles. The Bertz CT molecular complexity index is 742. The van der Waals surface area contributed by atoms with Crippen molar-refractivity contribution in [3.63, 3.8) is 0 Å². The minimum atomic E-state index is -0.679. The van der Waals surface area contributed by atoms with Crippen LogP contribution in [0, 0.1) is 12.7 Å². The van der Waals surface area contributed by atoms with E-state index < -0.39 is 11.9 Å². The van der Waals surface area contributed by atoms with Gasteiger partial charge in [-0.25, -0.2) is 4.39 Å². The molecular weight excluding hydrogens is 299 g/mol. The van der Waals surface area contributed by atoms with E-state index in [1.807, 2.05) is 6.92 Å². The van der Waals surface area contributed by atoms with Gasteiger partial charge in [0.1, 0.15) is 11.9 Å². The van der Waals surface area contributed by atoms with Gasteiger partial charge in [0.15, 0.2) is 5.76 Å². The van der Waals surface area contributed by atoms with Crippen LogP contribution in [0.15, 0.2) is 41.0 Å². The summed E-state index contributed by atoms with van der Waals surface area (Å²) >= 11 is 0. The standard InChI is InChI=1S/C17H17FN2O3/c1-11-5-6-13(18)14(10-11)20-8-7-19(12(2)16(20)21)17(22)15-4-3-9-23-15/h3-6,9-10,12H,7-8H2,1-2H3/t12-/m0/s1. The molecule has 1 aromatic carbocycles. The van der Waals surface area contributed by atoms with Gasteiger partial charge >= 0.3 is 0 Å². The molecule has 0 unspecified atom stereocenters. The zero-order valence-corrected chi connectivity index (χ0v) is 13.0. The minimum absolute atomic E-state index is 0.194. The van der Waals surface area contributed by atoms with Gasteiger partial charge in [-0.2, -0.15) is 0 Å². The van der Waals surface area contributed by atoms with Crippen molar-refractivity contribution in [3.8, 4) is 0 Å². The first-order valence-electron chi connectivity index (χ1n) is 7.41. The third-order valence-electron chi connectivity index (χ3n) is 4.04. The van der Waals surface area contributed by atoms with Crippen LogP contribution in [0.3, 0.4) is 0 Å². The molecule has 0 spiro atoms. The highest BCUT2D eigenvalue weighted by Crippen LogP contribution is 2.25. The summed E-state index contributed by atoms with van der Waals surface area (Å²) in [4.78, 5) is 27.8. The van der Waals surface area contributed by atoms with Gasteiger partial charge in [-0.3, -0.25) is 9.59 Å². The molecule has 0 N–H and O–H groups in total. The number of hydrogen-bond acceptors (Lipinski definition) is 3. The average Bonchev–Trinajstić information content (AvgIpc) is 3.06. The maximum absolute atomic E-state index is 14.0. The molecule has 5 nitrogen and oxygen atoms in total. The minimum Gasteiger partial charge on any atom is -0.459 e. The summed E-state index contributed by atoms with van der Waals surface area (Å²) in [6.07, 6.45) is 1.41. The number of aryl methyl sites for hydroxylation is 1. The van der Waals surface area contributed by atoms with Gasteiger partial charge in [-0.05, 0) is 43.7 Å². The summed E-state index contributed by atoms with van der Waals surface area (Å²) in [6.45, 7) is 4.05. The lowest BCUT2D eigenvalue weighted by atomic mass is 10.1. The molecule has 3 rings (SSSR count). The molecule has 23 heavy (non-hydrogen) atoms. The number of rotatable bonds is 2. The van der Waals surface area contributed by atoms with E-state index in [-0.39, 0.29) is 29.8 Å². The summed E-state index contributed by atoms with van der Waals surface area (Å²) in [5.74, 6) is -0.886. The SMILES string of the molecule is Cc1ccc(F)c(N2CCN(C(=O)c3ccco3)[C@@H](C)C2=O)c1. The Hall–Kier alpha value is -2.63. The topological polar surface area (TPSA) is 53.8 Å². The first-order valence-corrected chi connectivity index (χ1v) is 7.41. The fourth-order valence-corrected chi connectivity index (χ4v) is 2.76. The highest BCUT2D eigenvalue weighted by atomic mass is 19.1. The lowest BCUT2D eigenvalue weighted by molar-refractivity contribution is -0.124. The van der Waals surface area contributed by atoms with E-state index in [0.717, 1.165) is 5.56 Å². The number of carbonyl (C=O) groups is 2. The Kier molecular flexibility index (Phi) is 3.90. The van der Waals surface area contributed by atoms with Gasteiger partial charge in [0, 0.05) is 13.1 Å². The normalized spacial score (nSPS) is 18.4. The van der Waals surface area contributed by atoms with Crippen molar-refractivity contribution in [3.05, 3.63) is 53.7 Å². The molecule has 2 aromatic rings. The van der Waals surface area contributed by atoms with Crippen molar-refractivity contribution in [2.45, 2.75) is 19.9 Å². The molecule has 0 aliphatic carbocycles. The quantitative estimate of drug-likeness (QED) is 0.856.